The molecule has 0 saturated carbocycles. The summed E-state index contributed by atoms with van der Waals surface area (Å²) in [5.41, 5.74) is 1.56. The topological polar surface area (TPSA) is 105 Å². The molecule has 1 aliphatic rings. The number of methoxy groups -OCH3 is 1. The first kappa shape index (κ1) is 18.0. The van der Waals surface area contributed by atoms with Crippen LogP contribution < -0.4 is 10.3 Å². The van der Waals surface area contributed by atoms with E-state index < -0.39 is 9.84 Å². The van der Waals surface area contributed by atoms with Crippen LogP contribution in [-0.2, 0) is 29.3 Å². The van der Waals surface area contributed by atoms with Crippen LogP contribution >= 0.6 is 15.9 Å². The standard InChI is InChI=1S/C15H17BrN4O4S/c1-24-14-9(5-10(16)6-17-14)7-20-4-3-11-12(8-20)18-15(19-13(11)21)25(2,22)23/h5-6H,3-4,7-8H2,1-2H3,(H,18,19,21). The summed E-state index contributed by atoms with van der Waals surface area (Å²) < 4.78 is 29.5. The van der Waals surface area contributed by atoms with E-state index in [0.29, 0.717) is 43.2 Å². The third-order valence-electron chi connectivity index (χ3n) is 3.96. The molecule has 0 aromatic carbocycles. The van der Waals surface area contributed by atoms with E-state index in [0.717, 1.165) is 16.3 Å². The van der Waals surface area contributed by atoms with Gasteiger partial charge in [-0.2, -0.15) is 0 Å². The monoisotopic (exact) mass is 428 g/mol. The highest BCUT2D eigenvalue weighted by atomic mass is 79.9. The van der Waals surface area contributed by atoms with E-state index in [-0.39, 0.29) is 10.7 Å². The lowest BCUT2D eigenvalue weighted by Crippen LogP contribution is -2.35. The predicted molar refractivity (Wildman–Crippen MR) is 94.3 cm³/mol. The molecule has 134 valence electrons. The van der Waals surface area contributed by atoms with E-state index in [2.05, 4.69) is 35.8 Å². The summed E-state index contributed by atoms with van der Waals surface area (Å²) in [5.74, 6) is 0.532. The summed E-state index contributed by atoms with van der Waals surface area (Å²) in [4.78, 5) is 24.9. The summed E-state index contributed by atoms with van der Waals surface area (Å²) in [6, 6.07) is 1.93. The zero-order valence-electron chi connectivity index (χ0n) is 13.7. The SMILES string of the molecule is COc1ncc(Br)cc1CN1CCc2c(nc(S(C)(=O)=O)[nH]c2=O)C1. The average Bonchev–Trinajstić information content (AvgIpc) is 2.54. The lowest BCUT2D eigenvalue weighted by atomic mass is 10.1. The number of ether oxygens (including phenoxy) is 1. The molecule has 8 nitrogen and oxygen atoms in total. The Hall–Kier alpha value is -1.78. The summed E-state index contributed by atoms with van der Waals surface area (Å²) in [7, 11) is -2.01. The molecule has 0 amide bonds. The summed E-state index contributed by atoms with van der Waals surface area (Å²) in [5, 5.41) is -0.292. The average molecular weight is 429 g/mol. The Balaban J connectivity index is 1.90. The Labute approximate surface area is 153 Å². The van der Waals surface area contributed by atoms with Crippen molar-refractivity contribution in [3.8, 4) is 5.88 Å². The second-order valence-electron chi connectivity index (χ2n) is 5.85. The number of H-pyrrole nitrogens is 1. The van der Waals surface area contributed by atoms with Gasteiger partial charge in [0.2, 0.25) is 20.9 Å². The second kappa shape index (κ2) is 6.85. The molecule has 0 unspecified atom stereocenters. The highest BCUT2D eigenvalue weighted by molar-refractivity contribution is 9.10. The number of nitrogens with zero attached hydrogens (tertiary/aromatic N) is 3. The van der Waals surface area contributed by atoms with E-state index in [1.165, 1.54) is 0 Å². The molecule has 0 atom stereocenters. The fourth-order valence-corrected chi connectivity index (χ4v) is 3.72. The van der Waals surface area contributed by atoms with Gasteiger partial charge in [0.25, 0.3) is 5.56 Å². The van der Waals surface area contributed by atoms with Crippen molar-refractivity contribution in [1.82, 2.24) is 19.9 Å². The minimum atomic E-state index is -3.57. The van der Waals surface area contributed by atoms with Gasteiger partial charge < -0.3 is 4.74 Å². The molecular formula is C15H17BrN4O4S. The van der Waals surface area contributed by atoms with Crippen molar-refractivity contribution in [2.24, 2.45) is 0 Å². The number of halogens is 1. The summed E-state index contributed by atoms with van der Waals surface area (Å²) in [6.07, 6.45) is 3.19. The van der Waals surface area contributed by atoms with Gasteiger partial charge in [0.05, 0.1) is 12.8 Å². The van der Waals surface area contributed by atoms with Gasteiger partial charge in [0.1, 0.15) is 0 Å². The number of hydrogen-bond acceptors (Lipinski definition) is 7. The van der Waals surface area contributed by atoms with E-state index in [9.17, 15) is 13.2 Å². The molecule has 0 saturated heterocycles. The fraction of sp³-hybridized carbons (Fsp3) is 0.400. The molecule has 0 spiro atoms. The number of sulfone groups is 1. The first-order valence-electron chi connectivity index (χ1n) is 7.51. The highest BCUT2D eigenvalue weighted by Gasteiger charge is 2.24. The van der Waals surface area contributed by atoms with Crippen molar-refractivity contribution >= 4 is 25.8 Å². The van der Waals surface area contributed by atoms with E-state index >= 15 is 0 Å². The van der Waals surface area contributed by atoms with Crippen LogP contribution in [0.1, 0.15) is 16.8 Å². The van der Waals surface area contributed by atoms with Crippen LogP contribution in [0.15, 0.2) is 26.7 Å². The quantitative estimate of drug-likeness (QED) is 0.720. The fourth-order valence-electron chi connectivity index (χ4n) is 2.79. The predicted octanol–water partition coefficient (Wildman–Crippen LogP) is 0.898. The Morgan fingerprint density at radius 1 is 1.44 bits per heavy atom. The molecule has 10 heteroatoms. The number of aromatic nitrogens is 3. The minimum Gasteiger partial charge on any atom is -0.481 e. The summed E-state index contributed by atoms with van der Waals surface area (Å²) >= 11 is 3.40. The van der Waals surface area contributed by atoms with Crippen LogP contribution in [0, 0.1) is 0 Å². The van der Waals surface area contributed by atoms with Crippen molar-refractivity contribution < 1.29 is 13.2 Å². The smallest absolute Gasteiger partial charge is 0.255 e. The largest absolute Gasteiger partial charge is 0.481 e. The molecule has 1 N–H and O–H groups in total. The molecule has 2 aromatic heterocycles. The van der Waals surface area contributed by atoms with Gasteiger partial charge >= 0.3 is 0 Å². The van der Waals surface area contributed by atoms with E-state index in [1.54, 1.807) is 13.3 Å². The van der Waals surface area contributed by atoms with Crippen LogP contribution in [-0.4, -0.2) is 48.2 Å². The maximum Gasteiger partial charge on any atom is 0.255 e. The van der Waals surface area contributed by atoms with Crippen molar-refractivity contribution in [3.63, 3.8) is 0 Å². The maximum absolute atomic E-state index is 12.1. The minimum absolute atomic E-state index is 0.292. The Morgan fingerprint density at radius 2 is 2.20 bits per heavy atom. The van der Waals surface area contributed by atoms with Crippen LogP contribution in [0.3, 0.4) is 0 Å². The summed E-state index contributed by atoms with van der Waals surface area (Å²) in [6.45, 7) is 1.60. The van der Waals surface area contributed by atoms with Gasteiger partial charge in [-0.05, 0) is 28.4 Å². The molecule has 25 heavy (non-hydrogen) atoms. The van der Waals surface area contributed by atoms with Gasteiger partial charge in [-0.15, -0.1) is 0 Å². The van der Waals surface area contributed by atoms with Crippen LogP contribution in [0.25, 0.3) is 0 Å². The van der Waals surface area contributed by atoms with Crippen molar-refractivity contribution in [3.05, 3.63) is 43.9 Å². The number of fused-ring (bicyclic) bond motifs is 1. The third kappa shape index (κ3) is 3.91. The number of nitrogens with one attached hydrogen (secondary N) is 1. The first-order chi connectivity index (χ1) is 11.8. The molecule has 1 aliphatic heterocycles. The number of rotatable bonds is 4. The van der Waals surface area contributed by atoms with Crippen LogP contribution in [0.2, 0.25) is 0 Å². The van der Waals surface area contributed by atoms with Crippen molar-refractivity contribution in [1.29, 1.82) is 0 Å². The Kier molecular flexibility index (Phi) is 4.94. The molecule has 0 aliphatic carbocycles. The van der Waals surface area contributed by atoms with Crippen molar-refractivity contribution in [2.75, 3.05) is 19.9 Å². The van der Waals surface area contributed by atoms with Gasteiger partial charge in [-0.3, -0.25) is 14.7 Å². The number of pyridine rings is 1. The zero-order valence-corrected chi connectivity index (χ0v) is 16.1. The van der Waals surface area contributed by atoms with Crippen LogP contribution in [0.5, 0.6) is 5.88 Å². The molecule has 0 fully saturated rings. The van der Waals surface area contributed by atoms with E-state index in [4.69, 9.17) is 4.74 Å². The lowest BCUT2D eigenvalue weighted by Gasteiger charge is -2.27. The highest BCUT2D eigenvalue weighted by Crippen LogP contribution is 2.24. The Bertz CT molecular complexity index is 974. The second-order valence-corrected chi connectivity index (χ2v) is 8.70. The van der Waals surface area contributed by atoms with Gasteiger partial charge in [-0.25, -0.2) is 18.4 Å². The molecule has 3 rings (SSSR count). The van der Waals surface area contributed by atoms with E-state index in [1.807, 2.05) is 6.07 Å². The maximum atomic E-state index is 12.1. The third-order valence-corrected chi connectivity index (χ3v) is 5.29. The van der Waals surface area contributed by atoms with Gasteiger partial charge in [0, 0.05) is 47.7 Å². The molecule has 0 bridgehead atoms. The van der Waals surface area contributed by atoms with Crippen LogP contribution in [0.4, 0.5) is 0 Å². The normalized spacial score (nSPS) is 15.0. The number of aromatic amines is 1. The molecular weight excluding hydrogens is 412 g/mol. The van der Waals surface area contributed by atoms with Gasteiger partial charge in [-0.1, -0.05) is 0 Å². The molecule has 3 heterocycles. The molecule has 2 aromatic rings. The zero-order chi connectivity index (χ0) is 18.2. The van der Waals surface area contributed by atoms with Crippen molar-refractivity contribution in [2.45, 2.75) is 24.7 Å². The van der Waals surface area contributed by atoms with Gasteiger partial charge in [0.15, 0.2) is 0 Å². The first-order valence-corrected chi connectivity index (χ1v) is 10.2. The lowest BCUT2D eigenvalue weighted by molar-refractivity contribution is 0.234. The Morgan fingerprint density at radius 3 is 2.88 bits per heavy atom. The molecule has 0 radical (unpaired) electrons. The number of hydrogen-bond donors (Lipinski definition) is 1.